The number of fused-ring (bicyclic) bond motifs is 1. The van der Waals surface area contributed by atoms with E-state index in [2.05, 4.69) is 25.9 Å². The third-order valence-corrected chi connectivity index (χ3v) is 3.92. The monoisotopic (exact) mass is 339 g/mol. The van der Waals surface area contributed by atoms with Crippen LogP contribution in [0.2, 0.25) is 5.15 Å². The molecular formula is C10H6BrClF3N3. The highest BCUT2D eigenvalue weighted by Gasteiger charge is 2.37. The predicted molar refractivity (Wildman–Crippen MR) is 62.7 cm³/mol. The number of hydrogen-bond donors (Lipinski definition) is 0. The quantitative estimate of drug-likeness (QED) is 0.784. The van der Waals surface area contributed by atoms with Gasteiger partial charge in [-0.3, -0.25) is 4.40 Å². The lowest BCUT2D eigenvalue weighted by molar-refractivity contribution is -0.141. The molecule has 3 rings (SSSR count). The zero-order chi connectivity index (χ0) is 13.1. The van der Waals surface area contributed by atoms with Crippen molar-refractivity contribution in [1.29, 1.82) is 0 Å². The summed E-state index contributed by atoms with van der Waals surface area (Å²) in [5, 5.41) is 0.342. The Bertz CT molecular complexity index is 633. The number of rotatable bonds is 1. The topological polar surface area (TPSA) is 30.2 Å². The van der Waals surface area contributed by atoms with Gasteiger partial charge in [0.15, 0.2) is 11.3 Å². The highest BCUT2D eigenvalue weighted by atomic mass is 79.9. The second-order valence-corrected chi connectivity index (χ2v) is 5.31. The van der Waals surface area contributed by atoms with Crippen LogP contribution in [0.25, 0.3) is 5.65 Å². The minimum atomic E-state index is -4.52. The van der Waals surface area contributed by atoms with Gasteiger partial charge < -0.3 is 0 Å². The van der Waals surface area contributed by atoms with Crippen molar-refractivity contribution in [2.24, 2.45) is 0 Å². The molecule has 0 saturated heterocycles. The van der Waals surface area contributed by atoms with Crippen LogP contribution >= 0.6 is 27.5 Å². The molecule has 1 aliphatic carbocycles. The van der Waals surface area contributed by atoms with E-state index >= 15 is 0 Å². The summed E-state index contributed by atoms with van der Waals surface area (Å²) in [6.07, 6.45) is -1.51. The highest BCUT2D eigenvalue weighted by molar-refractivity contribution is 9.10. The molecular weight excluding hydrogens is 334 g/mol. The van der Waals surface area contributed by atoms with Crippen molar-refractivity contribution in [3.63, 3.8) is 0 Å². The van der Waals surface area contributed by atoms with Crippen molar-refractivity contribution in [1.82, 2.24) is 14.4 Å². The van der Waals surface area contributed by atoms with Crippen LogP contribution in [-0.2, 0) is 6.18 Å². The Morgan fingerprint density at radius 3 is 2.61 bits per heavy atom. The second kappa shape index (κ2) is 3.84. The fourth-order valence-corrected chi connectivity index (χ4v) is 2.71. The molecule has 3 nitrogen and oxygen atoms in total. The Morgan fingerprint density at radius 1 is 1.39 bits per heavy atom. The first-order valence-corrected chi connectivity index (χ1v) is 6.36. The summed E-state index contributed by atoms with van der Waals surface area (Å²) in [4.78, 5) is 7.59. The van der Waals surface area contributed by atoms with E-state index in [-0.39, 0.29) is 16.0 Å². The van der Waals surface area contributed by atoms with Crippen molar-refractivity contribution in [2.75, 3.05) is 0 Å². The molecule has 0 aromatic carbocycles. The van der Waals surface area contributed by atoms with Crippen LogP contribution in [0.3, 0.4) is 0 Å². The van der Waals surface area contributed by atoms with Gasteiger partial charge in [0.1, 0.15) is 11.5 Å². The van der Waals surface area contributed by atoms with E-state index in [0.717, 1.165) is 19.2 Å². The smallest absolute Gasteiger partial charge is 0.272 e. The molecule has 2 aromatic heterocycles. The number of imidazole rings is 1. The maximum Gasteiger partial charge on any atom is 0.434 e. The van der Waals surface area contributed by atoms with Crippen LogP contribution < -0.4 is 0 Å². The van der Waals surface area contributed by atoms with E-state index in [1.165, 1.54) is 4.40 Å². The third kappa shape index (κ3) is 1.80. The molecule has 2 aromatic rings. The molecule has 0 aliphatic heterocycles. The highest BCUT2D eigenvalue weighted by Crippen LogP contribution is 2.44. The van der Waals surface area contributed by atoms with Crippen molar-refractivity contribution < 1.29 is 13.2 Å². The Labute approximate surface area is 113 Å². The number of hydrogen-bond acceptors (Lipinski definition) is 2. The second-order valence-electron chi connectivity index (χ2n) is 4.16. The molecule has 0 unspecified atom stereocenters. The largest absolute Gasteiger partial charge is 0.434 e. The van der Waals surface area contributed by atoms with Gasteiger partial charge in [0.2, 0.25) is 0 Å². The maximum absolute atomic E-state index is 12.7. The third-order valence-electron chi connectivity index (χ3n) is 2.82. The molecule has 0 atom stereocenters. The van der Waals surface area contributed by atoms with Crippen molar-refractivity contribution >= 4 is 33.2 Å². The van der Waals surface area contributed by atoms with Gasteiger partial charge in [-0.2, -0.15) is 13.2 Å². The van der Waals surface area contributed by atoms with Gasteiger partial charge >= 0.3 is 6.18 Å². The van der Waals surface area contributed by atoms with Crippen LogP contribution in [0.15, 0.2) is 10.8 Å². The summed E-state index contributed by atoms with van der Waals surface area (Å²) in [7, 11) is 0. The lowest BCUT2D eigenvalue weighted by Crippen LogP contribution is -2.10. The van der Waals surface area contributed by atoms with Crippen LogP contribution in [0, 0.1) is 0 Å². The maximum atomic E-state index is 12.7. The zero-order valence-corrected chi connectivity index (χ0v) is 11.1. The Balaban J connectivity index is 2.26. The minimum absolute atomic E-state index is 0.157. The van der Waals surface area contributed by atoms with Crippen LogP contribution in [-0.4, -0.2) is 14.4 Å². The van der Waals surface area contributed by atoms with E-state index < -0.39 is 11.9 Å². The molecule has 2 heterocycles. The molecule has 0 N–H and O–H groups in total. The number of halogens is 5. The summed E-state index contributed by atoms with van der Waals surface area (Å²) < 4.78 is 39.3. The first kappa shape index (κ1) is 12.2. The van der Waals surface area contributed by atoms with Gasteiger partial charge in [-0.15, -0.1) is 0 Å². The first-order valence-electron chi connectivity index (χ1n) is 5.18. The van der Waals surface area contributed by atoms with Crippen LogP contribution in [0.1, 0.15) is 30.1 Å². The normalized spacial score (nSPS) is 16.5. The Morgan fingerprint density at radius 2 is 2.06 bits per heavy atom. The van der Waals surface area contributed by atoms with Gasteiger partial charge in [0.25, 0.3) is 0 Å². The van der Waals surface area contributed by atoms with Crippen molar-refractivity contribution in [3.05, 3.63) is 27.3 Å². The average Bonchev–Trinajstić information content (AvgIpc) is 3.04. The van der Waals surface area contributed by atoms with E-state index in [9.17, 15) is 13.2 Å². The standard InChI is InChI=1S/C10H6BrClF3N3/c11-5-7(10(13,14)15)16-3-18-8(12)6(4-1-2-4)17-9(5)18/h3-4H,1-2H2. The lowest BCUT2D eigenvalue weighted by atomic mass is 10.3. The van der Waals surface area contributed by atoms with E-state index in [4.69, 9.17) is 11.6 Å². The van der Waals surface area contributed by atoms with E-state index in [0.29, 0.717) is 10.8 Å². The fraction of sp³-hybridized carbons (Fsp3) is 0.400. The summed E-state index contributed by atoms with van der Waals surface area (Å²) in [6, 6.07) is 0. The molecule has 0 amide bonds. The van der Waals surface area contributed by atoms with E-state index in [1.54, 1.807) is 0 Å². The molecule has 0 spiro atoms. The number of nitrogens with zero attached hydrogens (tertiary/aromatic N) is 3. The summed E-state index contributed by atoms with van der Waals surface area (Å²) in [5.41, 5.74) is -0.179. The fourth-order valence-electron chi connectivity index (χ4n) is 1.78. The predicted octanol–water partition coefficient (Wildman–Crippen LogP) is 4.04. The van der Waals surface area contributed by atoms with Crippen LogP contribution in [0.4, 0.5) is 13.2 Å². The van der Waals surface area contributed by atoms with E-state index in [1.807, 2.05) is 0 Å². The molecule has 18 heavy (non-hydrogen) atoms. The first-order chi connectivity index (χ1) is 8.39. The summed E-state index contributed by atoms with van der Waals surface area (Å²) in [6.45, 7) is 0. The average molecular weight is 341 g/mol. The van der Waals surface area contributed by atoms with Crippen LogP contribution in [0.5, 0.6) is 0 Å². The van der Waals surface area contributed by atoms with Gasteiger partial charge in [-0.1, -0.05) is 11.6 Å². The summed E-state index contributed by atoms with van der Waals surface area (Å²) >= 11 is 9.00. The minimum Gasteiger partial charge on any atom is -0.272 e. The van der Waals surface area contributed by atoms with Gasteiger partial charge in [-0.05, 0) is 28.8 Å². The molecule has 1 fully saturated rings. The van der Waals surface area contributed by atoms with Gasteiger partial charge in [0.05, 0.1) is 10.2 Å². The van der Waals surface area contributed by atoms with Crippen molar-refractivity contribution in [2.45, 2.75) is 24.9 Å². The summed E-state index contributed by atoms with van der Waals surface area (Å²) in [5.74, 6) is 0.263. The molecule has 1 aliphatic rings. The SMILES string of the molecule is FC(F)(F)c1ncn2c(Cl)c(C3CC3)nc2c1Br. The van der Waals surface area contributed by atoms with Gasteiger partial charge in [-0.25, -0.2) is 9.97 Å². The lowest BCUT2D eigenvalue weighted by Gasteiger charge is -2.08. The molecule has 1 saturated carbocycles. The Hall–Kier alpha value is -0.820. The molecule has 8 heteroatoms. The molecule has 0 bridgehead atoms. The number of aromatic nitrogens is 3. The molecule has 96 valence electrons. The molecule has 0 radical (unpaired) electrons. The Kier molecular flexibility index (Phi) is 2.60. The number of alkyl halides is 3. The van der Waals surface area contributed by atoms with Gasteiger partial charge in [0, 0.05) is 5.92 Å². The van der Waals surface area contributed by atoms with Crippen molar-refractivity contribution in [3.8, 4) is 0 Å². The zero-order valence-electron chi connectivity index (χ0n) is 8.80.